The van der Waals surface area contributed by atoms with Gasteiger partial charge in [0.1, 0.15) is 22.7 Å². The molecule has 0 atom stereocenters. The highest BCUT2D eigenvalue weighted by molar-refractivity contribution is 6.16. The van der Waals surface area contributed by atoms with Crippen LogP contribution in [0.15, 0.2) is 205 Å². The number of benzene rings is 9. The molecule has 0 saturated carbocycles. The van der Waals surface area contributed by atoms with Crippen LogP contribution in [0, 0.1) is 0 Å². The van der Waals surface area contributed by atoms with Crippen LogP contribution in [-0.2, 0) is 10.8 Å². The molecule has 0 saturated heterocycles. The van der Waals surface area contributed by atoms with E-state index in [1.807, 2.05) is 0 Å². The van der Waals surface area contributed by atoms with Crippen molar-refractivity contribution in [3.63, 3.8) is 0 Å². The van der Waals surface area contributed by atoms with E-state index in [1.54, 1.807) is 0 Å². The maximum atomic E-state index is 7.05. The summed E-state index contributed by atoms with van der Waals surface area (Å²) in [6.07, 6.45) is 0. The third-order valence-electron chi connectivity index (χ3n) is 13.7. The molecule has 61 heavy (non-hydrogen) atoms. The lowest BCUT2D eigenvalue weighted by atomic mass is 9.66. The molecule has 13 rings (SSSR count). The molecule has 1 aromatic heterocycles. The fraction of sp³-hybridized carbons (Fsp3) is 0.0690. The molecule has 10 aromatic rings. The van der Waals surface area contributed by atoms with Crippen molar-refractivity contribution in [2.75, 3.05) is 4.90 Å². The standard InChI is InChI=1S/C58H39NO2/c1-57(2)44-22-9-6-20-39(44)41-33-37(31-32-45(41)57)59(50-26-13-8-19-38(50)36-17-4-3-5-18-36)51-27-16-30-54-56(51)43-34-42-40-21-7-10-23-46(40)58(49(42)35-55(43)61-54)47-24-11-14-28-52(47)60-53-29-15-12-25-48(53)58/h3-35H,1-2H3. The Morgan fingerprint density at radius 1 is 0.393 bits per heavy atom. The number of para-hydroxylation sites is 3. The number of furan rings is 1. The molecule has 2 heterocycles. The highest BCUT2D eigenvalue weighted by Crippen LogP contribution is 2.63. The Hall–Kier alpha value is -7.62. The van der Waals surface area contributed by atoms with Crippen LogP contribution >= 0.6 is 0 Å². The zero-order valence-corrected chi connectivity index (χ0v) is 33.8. The first-order valence-electron chi connectivity index (χ1n) is 21.2. The predicted molar refractivity (Wildman–Crippen MR) is 249 cm³/mol. The van der Waals surface area contributed by atoms with E-state index < -0.39 is 5.41 Å². The Kier molecular flexibility index (Phi) is 6.99. The molecule has 3 heteroatoms. The minimum absolute atomic E-state index is 0.0997. The first-order valence-corrected chi connectivity index (χ1v) is 21.2. The molecule has 0 amide bonds. The second-order valence-electron chi connectivity index (χ2n) is 17.2. The van der Waals surface area contributed by atoms with Crippen molar-refractivity contribution in [2.24, 2.45) is 0 Å². The van der Waals surface area contributed by atoms with Gasteiger partial charge in [0.25, 0.3) is 0 Å². The van der Waals surface area contributed by atoms with Crippen LogP contribution < -0.4 is 9.64 Å². The number of hydrogen-bond acceptors (Lipinski definition) is 3. The smallest absolute Gasteiger partial charge is 0.137 e. The van der Waals surface area contributed by atoms with E-state index >= 15 is 0 Å². The SMILES string of the molecule is CC1(C)c2ccccc2-c2cc(N(c3ccccc3-c3ccccc3)c3cccc4oc5cc6c(cc5c34)-c3ccccc3C63c4ccccc4Oc4ccccc43)ccc21. The van der Waals surface area contributed by atoms with E-state index in [0.717, 1.165) is 72.8 Å². The summed E-state index contributed by atoms with van der Waals surface area (Å²) in [4.78, 5) is 2.46. The number of fused-ring (bicyclic) bond motifs is 15. The summed E-state index contributed by atoms with van der Waals surface area (Å²) in [6.45, 7) is 4.69. The second kappa shape index (κ2) is 12.5. The van der Waals surface area contributed by atoms with Crippen molar-refractivity contribution >= 4 is 39.0 Å². The molecule has 0 N–H and O–H groups in total. The Morgan fingerprint density at radius 2 is 0.967 bits per heavy atom. The first-order chi connectivity index (χ1) is 30.0. The van der Waals surface area contributed by atoms with E-state index in [2.05, 4.69) is 219 Å². The molecular formula is C58H39NO2. The van der Waals surface area contributed by atoms with E-state index in [4.69, 9.17) is 9.15 Å². The summed E-state index contributed by atoms with van der Waals surface area (Å²) in [7, 11) is 0. The molecule has 1 spiro atoms. The third kappa shape index (κ3) is 4.58. The van der Waals surface area contributed by atoms with Gasteiger partial charge >= 0.3 is 0 Å². The molecule has 3 aliphatic rings. The van der Waals surface area contributed by atoms with Gasteiger partial charge in [0, 0.05) is 33.2 Å². The van der Waals surface area contributed by atoms with Crippen LogP contribution in [-0.4, -0.2) is 0 Å². The highest BCUT2D eigenvalue weighted by atomic mass is 16.5. The summed E-state index contributed by atoms with van der Waals surface area (Å²) >= 11 is 0. The predicted octanol–water partition coefficient (Wildman–Crippen LogP) is 15.5. The molecule has 0 fully saturated rings. The van der Waals surface area contributed by atoms with Gasteiger partial charge in [0.05, 0.1) is 22.2 Å². The minimum Gasteiger partial charge on any atom is -0.457 e. The molecule has 9 aromatic carbocycles. The van der Waals surface area contributed by atoms with Gasteiger partial charge in [0.2, 0.25) is 0 Å². The topological polar surface area (TPSA) is 25.6 Å². The molecule has 0 bridgehead atoms. The quantitative estimate of drug-likeness (QED) is 0.178. The van der Waals surface area contributed by atoms with Gasteiger partial charge in [-0.25, -0.2) is 0 Å². The van der Waals surface area contributed by atoms with Crippen LogP contribution in [0.25, 0.3) is 55.3 Å². The first kappa shape index (κ1) is 34.3. The minimum atomic E-state index is -0.581. The Bertz CT molecular complexity index is 3400. The number of rotatable bonds is 4. The summed E-state index contributed by atoms with van der Waals surface area (Å²) in [5, 5.41) is 2.16. The summed E-state index contributed by atoms with van der Waals surface area (Å²) < 4.78 is 13.7. The van der Waals surface area contributed by atoms with Crippen molar-refractivity contribution in [3.8, 4) is 44.9 Å². The Labute approximate surface area is 354 Å². The molecule has 1 aliphatic heterocycles. The molecule has 2 aliphatic carbocycles. The van der Waals surface area contributed by atoms with Gasteiger partial charge < -0.3 is 14.1 Å². The van der Waals surface area contributed by atoms with Crippen molar-refractivity contribution < 1.29 is 9.15 Å². The molecular weight excluding hydrogens is 743 g/mol. The normalized spacial score (nSPS) is 14.5. The fourth-order valence-electron chi connectivity index (χ4n) is 11.1. The van der Waals surface area contributed by atoms with Gasteiger partial charge in [0.15, 0.2) is 0 Å². The van der Waals surface area contributed by atoms with Crippen molar-refractivity contribution in [1.82, 2.24) is 0 Å². The monoisotopic (exact) mass is 781 g/mol. The number of anilines is 3. The maximum absolute atomic E-state index is 7.05. The van der Waals surface area contributed by atoms with E-state index in [0.29, 0.717) is 0 Å². The Morgan fingerprint density at radius 3 is 1.72 bits per heavy atom. The zero-order valence-electron chi connectivity index (χ0n) is 33.8. The molecule has 3 nitrogen and oxygen atoms in total. The van der Waals surface area contributed by atoms with Crippen LogP contribution in [0.3, 0.4) is 0 Å². The summed E-state index contributed by atoms with van der Waals surface area (Å²) in [5.41, 5.74) is 19.1. The number of ether oxygens (including phenoxy) is 1. The van der Waals surface area contributed by atoms with E-state index in [1.165, 1.54) is 44.5 Å². The van der Waals surface area contributed by atoms with Crippen molar-refractivity contribution in [3.05, 3.63) is 234 Å². The van der Waals surface area contributed by atoms with Crippen LogP contribution in [0.4, 0.5) is 17.1 Å². The van der Waals surface area contributed by atoms with Gasteiger partial charge in [-0.05, 0) is 105 Å². The van der Waals surface area contributed by atoms with Gasteiger partial charge in [-0.2, -0.15) is 0 Å². The lowest BCUT2D eigenvalue weighted by Gasteiger charge is -2.39. The fourth-order valence-corrected chi connectivity index (χ4v) is 11.1. The van der Waals surface area contributed by atoms with E-state index in [-0.39, 0.29) is 5.41 Å². The number of nitrogens with zero attached hydrogens (tertiary/aromatic N) is 1. The largest absolute Gasteiger partial charge is 0.457 e. The maximum Gasteiger partial charge on any atom is 0.137 e. The van der Waals surface area contributed by atoms with Gasteiger partial charge in [-0.3, -0.25) is 0 Å². The number of hydrogen-bond donors (Lipinski definition) is 0. The van der Waals surface area contributed by atoms with Crippen LogP contribution in [0.1, 0.15) is 47.2 Å². The summed E-state index contributed by atoms with van der Waals surface area (Å²) in [6, 6.07) is 72.7. The summed E-state index contributed by atoms with van der Waals surface area (Å²) in [5.74, 6) is 1.76. The molecule has 288 valence electrons. The zero-order chi connectivity index (χ0) is 40.5. The van der Waals surface area contributed by atoms with E-state index in [9.17, 15) is 0 Å². The van der Waals surface area contributed by atoms with Crippen molar-refractivity contribution in [2.45, 2.75) is 24.7 Å². The lowest BCUT2D eigenvalue weighted by molar-refractivity contribution is 0.436. The van der Waals surface area contributed by atoms with Crippen molar-refractivity contribution in [1.29, 1.82) is 0 Å². The Balaban J connectivity index is 1.10. The van der Waals surface area contributed by atoms with Gasteiger partial charge in [-0.15, -0.1) is 0 Å². The molecule has 0 radical (unpaired) electrons. The van der Waals surface area contributed by atoms with Gasteiger partial charge in [-0.1, -0.05) is 159 Å². The second-order valence-corrected chi connectivity index (χ2v) is 17.2. The highest BCUT2D eigenvalue weighted by Gasteiger charge is 2.51. The average Bonchev–Trinajstić information content (AvgIpc) is 3.90. The van der Waals surface area contributed by atoms with Crippen LogP contribution in [0.2, 0.25) is 0 Å². The lowest BCUT2D eigenvalue weighted by Crippen LogP contribution is -2.32. The third-order valence-corrected chi connectivity index (χ3v) is 13.7. The molecule has 0 unspecified atom stereocenters. The van der Waals surface area contributed by atoms with Crippen LogP contribution in [0.5, 0.6) is 11.5 Å². The average molecular weight is 782 g/mol.